The lowest BCUT2D eigenvalue weighted by atomic mass is 10.1. The van der Waals surface area contributed by atoms with Gasteiger partial charge in [0.1, 0.15) is 11.5 Å². The van der Waals surface area contributed by atoms with Gasteiger partial charge in [0, 0.05) is 16.7 Å². The topological polar surface area (TPSA) is 29.5 Å². The maximum atomic E-state index is 9.67. The normalized spacial score (nSPS) is 12.2. The lowest BCUT2D eigenvalue weighted by molar-refractivity contribution is 0.195. The molecule has 0 aromatic heterocycles. The third-order valence-corrected chi connectivity index (χ3v) is 3.03. The number of aliphatic hydroxyl groups excluding tert-OH is 1. The Labute approximate surface area is 116 Å². The number of aliphatic hydroxyl groups is 1. The Kier molecular flexibility index (Phi) is 4.12. The fourth-order valence-corrected chi connectivity index (χ4v) is 1.91. The number of hydrogen-bond acceptors (Lipinski definition) is 2. The Hall–Kier alpha value is -1.22. The van der Waals surface area contributed by atoms with Crippen LogP contribution in [0.1, 0.15) is 18.6 Å². The Morgan fingerprint density at radius 2 is 1.78 bits per heavy atom. The highest BCUT2D eigenvalue weighted by molar-refractivity contribution is 6.34. The van der Waals surface area contributed by atoms with Crippen LogP contribution in [0.25, 0.3) is 0 Å². The minimum Gasteiger partial charge on any atom is -0.455 e. The summed E-state index contributed by atoms with van der Waals surface area (Å²) in [7, 11) is 0. The van der Waals surface area contributed by atoms with Crippen LogP contribution in [-0.4, -0.2) is 5.11 Å². The summed E-state index contributed by atoms with van der Waals surface area (Å²) < 4.78 is 5.71. The van der Waals surface area contributed by atoms with E-state index in [-0.39, 0.29) is 0 Å². The third-order valence-electron chi connectivity index (χ3n) is 2.48. The first kappa shape index (κ1) is 13.2. The molecule has 0 saturated carbocycles. The minimum absolute atomic E-state index is 0.470. The van der Waals surface area contributed by atoms with E-state index in [1.165, 1.54) is 0 Å². The molecule has 0 bridgehead atoms. The highest BCUT2D eigenvalue weighted by atomic mass is 35.5. The first-order valence-corrected chi connectivity index (χ1v) is 6.23. The second-order valence-electron chi connectivity index (χ2n) is 3.89. The maximum Gasteiger partial charge on any atom is 0.147 e. The Balaban J connectivity index is 2.37. The second kappa shape index (κ2) is 5.61. The van der Waals surface area contributed by atoms with Crippen molar-refractivity contribution < 1.29 is 9.84 Å². The van der Waals surface area contributed by atoms with Crippen molar-refractivity contribution >= 4 is 23.2 Å². The van der Waals surface area contributed by atoms with Gasteiger partial charge in [-0.25, -0.2) is 0 Å². The van der Waals surface area contributed by atoms with Crippen LogP contribution in [0.5, 0.6) is 11.5 Å². The van der Waals surface area contributed by atoms with E-state index >= 15 is 0 Å². The summed E-state index contributed by atoms with van der Waals surface area (Å²) >= 11 is 11.9. The van der Waals surface area contributed by atoms with Gasteiger partial charge in [-0.3, -0.25) is 0 Å². The van der Waals surface area contributed by atoms with Gasteiger partial charge in [0.25, 0.3) is 0 Å². The second-order valence-corrected chi connectivity index (χ2v) is 4.73. The van der Waals surface area contributed by atoms with Crippen LogP contribution in [-0.2, 0) is 0 Å². The van der Waals surface area contributed by atoms with E-state index in [1.807, 2.05) is 12.1 Å². The van der Waals surface area contributed by atoms with Crippen LogP contribution in [0.3, 0.4) is 0 Å². The zero-order valence-corrected chi connectivity index (χ0v) is 11.2. The minimum atomic E-state index is -0.612. The van der Waals surface area contributed by atoms with Crippen LogP contribution in [0.4, 0.5) is 0 Å². The highest BCUT2D eigenvalue weighted by Gasteiger charge is 2.11. The predicted molar refractivity (Wildman–Crippen MR) is 73.6 cm³/mol. The fraction of sp³-hybridized carbons (Fsp3) is 0.143. The maximum absolute atomic E-state index is 9.67. The van der Waals surface area contributed by atoms with Crippen molar-refractivity contribution in [3.63, 3.8) is 0 Å². The van der Waals surface area contributed by atoms with Gasteiger partial charge in [-0.2, -0.15) is 0 Å². The van der Waals surface area contributed by atoms with Gasteiger partial charge in [-0.15, -0.1) is 0 Å². The van der Waals surface area contributed by atoms with Crippen molar-refractivity contribution in [1.82, 2.24) is 0 Å². The van der Waals surface area contributed by atoms with Crippen LogP contribution in [0, 0.1) is 0 Å². The summed E-state index contributed by atoms with van der Waals surface area (Å²) in [6.45, 7) is 1.68. The van der Waals surface area contributed by atoms with Crippen LogP contribution < -0.4 is 4.74 Å². The summed E-state index contributed by atoms with van der Waals surface area (Å²) in [5.74, 6) is 1.04. The van der Waals surface area contributed by atoms with Gasteiger partial charge >= 0.3 is 0 Å². The molecule has 94 valence electrons. The Bertz CT molecular complexity index is 553. The van der Waals surface area contributed by atoms with E-state index < -0.39 is 6.10 Å². The molecule has 2 aromatic carbocycles. The van der Waals surface area contributed by atoms with Crippen LogP contribution in [0.2, 0.25) is 10.0 Å². The molecular weight excluding hydrogens is 271 g/mol. The molecule has 0 unspecified atom stereocenters. The first-order chi connectivity index (χ1) is 8.58. The van der Waals surface area contributed by atoms with E-state index in [0.29, 0.717) is 27.1 Å². The summed E-state index contributed by atoms with van der Waals surface area (Å²) in [6, 6.07) is 12.3. The van der Waals surface area contributed by atoms with E-state index in [0.717, 1.165) is 0 Å². The molecule has 2 nitrogen and oxygen atoms in total. The lowest BCUT2D eigenvalue weighted by Crippen LogP contribution is -1.96. The molecular formula is C14H12Cl2O2. The summed E-state index contributed by atoms with van der Waals surface area (Å²) in [5.41, 5.74) is 0.702. The standard InChI is InChI=1S/C14H12Cl2O2/c1-9(17)11-4-2-3-5-13(11)18-14-8-10(15)6-7-12(14)16/h2-9,17H,1H3/t9-/m0/s1. The molecule has 0 aliphatic rings. The summed E-state index contributed by atoms with van der Waals surface area (Å²) in [6.07, 6.45) is -0.612. The van der Waals surface area contributed by atoms with E-state index in [1.54, 1.807) is 37.3 Å². The van der Waals surface area contributed by atoms with Crippen molar-refractivity contribution in [3.8, 4) is 11.5 Å². The average molecular weight is 283 g/mol. The van der Waals surface area contributed by atoms with E-state index in [9.17, 15) is 5.11 Å². The SMILES string of the molecule is C[C@H](O)c1ccccc1Oc1cc(Cl)ccc1Cl. The molecule has 0 aliphatic heterocycles. The summed E-state index contributed by atoms with van der Waals surface area (Å²) in [4.78, 5) is 0. The lowest BCUT2D eigenvalue weighted by Gasteiger charge is -2.13. The summed E-state index contributed by atoms with van der Waals surface area (Å²) in [5, 5.41) is 10.7. The fourth-order valence-electron chi connectivity index (χ4n) is 1.59. The van der Waals surface area contributed by atoms with Gasteiger partial charge in [0.05, 0.1) is 11.1 Å². The molecule has 0 radical (unpaired) electrons. The molecule has 0 heterocycles. The largest absolute Gasteiger partial charge is 0.455 e. The van der Waals surface area contributed by atoms with E-state index in [4.69, 9.17) is 27.9 Å². The van der Waals surface area contributed by atoms with Gasteiger partial charge < -0.3 is 9.84 Å². The van der Waals surface area contributed by atoms with Crippen molar-refractivity contribution in [2.75, 3.05) is 0 Å². The average Bonchev–Trinajstić information content (AvgIpc) is 2.34. The van der Waals surface area contributed by atoms with Gasteiger partial charge in [-0.1, -0.05) is 41.4 Å². The van der Waals surface area contributed by atoms with Gasteiger partial charge in [0.15, 0.2) is 0 Å². The first-order valence-electron chi connectivity index (χ1n) is 5.48. The number of hydrogen-bond donors (Lipinski definition) is 1. The number of rotatable bonds is 3. The number of benzene rings is 2. The highest BCUT2D eigenvalue weighted by Crippen LogP contribution is 2.34. The molecule has 2 rings (SSSR count). The Morgan fingerprint density at radius 3 is 2.50 bits per heavy atom. The third kappa shape index (κ3) is 2.96. The number of para-hydroxylation sites is 1. The zero-order valence-electron chi connectivity index (χ0n) is 9.73. The van der Waals surface area contributed by atoms with Gasteiger partial charge in [-0.05, 0) is 25.1 Å². The number of halogens is 2. The molecule has 0 amide bonds. The quantitative estimate of drug-likeness (QED) is 0.873. The van der Waals surface area contributed by atoms with Crippen LogP contribution in [0.15, 0.2) is 42.5 Å². The predicted octanol–water partition coefficient (Wildman–Crippen LogP) is 4.84. The van der Waals surface area contributed by atoms with Gasteiger partial charge in [0.2, 0.25) is 0 Å². The van der Waals surface area contributed by atoms with Crippen LogP contribution >= 0.6 is 23.2 Å². The smallest absolute Gasteiger partial charge is 0.147 e. The molecule has 18 heavy (non-hydrogen) atoms. The molecule has 0 fully saturated rings. The Morgan fingerprint density at radius 1 is 1.06 bits per heavy atom. The number of ether oxygens (including phenoxy) is 1. The monoisotopic (exact) mass is 282 g/mol. The van der Waals surface area contributed by atoms with Crippen molar-refractivity contribution in [3.05, 3.63) is 58.1 Å². The zero-order chi connectivity index (χ0) is 13.1. The molecule has 2 aromatic rings. The van der Waals surface area contributed by atoms with Crippen molar-refractivity contribution in [2.24, 2.45) is 0 Å². The molecule has 1 atom stereocenters. The van der Waals surface area contributed by atoms with Crippen molar-refractivity contribution in [2.45, 2.75) is 13.0 Å². The molecule has 0 aliphatic carbocycles. The molecule has 1 N–H and O–H groups in total. The molecule has 0 spiro atoms. The molecule has 0 saturated heterocycles. The van der Waals surface area contributed by atoms with E-state index in [2.05, 4.69) is 0 Å². The molecule has 4 heteroatoms. The van der Waals surface area contributed by atoms with Crippen molar-refractivity contribution in [1.29, 1.82) is 0 Å².